The largest absolute Gasteiger partial charge is 1.00 e. The number of carboxylic acids is 1. The Bertz CT molecular complexity index is 4840. The molecule has 6 aromatic rings. The first-order valence-electron chi connectivity index (χ1n) is 42.8. The zero-order chi connectivity index (χ0) is 111. The number of nitrogens with one attached hydrogen (secondary N) is 2. The van der Waals surface area contributed by atoms with Gasteiger partial charge in [-0.3, -0.25) is 57.9 Å². The van der Waals surface area contributed by atoms with Gasteiger partial charge in [0, 0.05) is 161 Å². The van der Waals surface area contributed by atoms with Crippen molar-refractivity contribution in [3.63, 3.8) is 0 Å². The van der Waals surface area contributed by atoms with Gasteiger partial charge >= 0.3 is 142 Å². The Morgan fingerprint density at radius 2 is 0.852 bits per heavy atom. The van der Waals surface area contributed by atoms with Crippen molar-refractivity contribution in [3.8, 4) is 0 Å². The number of amidine groups is 1. The van der Waals surface area contributed by atoms with Gasteiger partial charge in [0.25, 0.3) is 18.0 Å². The van der Waals surface area contributed by atoms with Gasteiger partial charge in [-0.1, -0.05) is 133 Å². The smallest absolute Gasteiger partial charge is 1.00 e. The van der Waals surface area contributed by atoms with E-state index in [0.29, 0.717) is 96.1 Å². The van der Waals surface area contributed by atoms with Crippen molar-refractivity contribution in [1.82, 2.24) is 59.8 Å². The van der Waals surface area contributed by atoms with E-state index in [1.165, 1.54) is 102 Å². The summed E-state index contributed by atoms with van der Waals surface area (Å²) in [4.78, 5) is 166. The van der Waals surface area contributed by atoms with E-state index in [4.69, 9.17) is 56.7 Å². The molecular formula is C84H129B4Br2Cl5N14Na3O27PS8Zn. The Morgan fingerprint density at radius 3 is 1.12 bits per heavy atom. The van der Waals surface area contributed by atoms with Crippen LogP contribution in [0.2, 0.25) is 5.15 Å². The minimum atomic E-state index is -3.22. The molecule has 0 saturated heterocycles. The van der Waals surface area contributed by atoms with E-state index in [1.807, 2.05) is 69.2 Å². The van der Waals surface area contributed by atoms with Crippen molar-refractivity contribution in [3.05, 3.63) is 123 Å². The number of aliphatic hydroxyl groups is 2. The van der Waals surface area contributed by atoms with E-state index >= 15 is 0 Å². The van der Waals surface area contributed by atoms with Gasteiger partial charge in [0.05, 0.1) is 128 Å². The number of aliphatic hydroxyl groups excluding tert-OH is 2. The number of aromatic nitrogens is 12. The van der Waals surface area contributed by atoms with Crippen LogP contribution >= 0.6 is 175 Å². The predicted octanol–water partition coefficient (Wildman–Crippen LogP) is 6.17. The van der Waals surface area contributed by atoms with Crippen LogP contribution in [-0.4, -0.2) is 311 Å². The van der Waals surface area contributed by atoms with E-state index < -0.39 is 49.9 Å². The first kappa shape index (κ1) is 168. The van der Waals surface area contributed by atoms with Crippen LogP contribution in [0.3, 0.4) is 0 Å². The minimum absolute atomic E-state index is 0. The number of aromatic amines is 1. The molecule has 6 aromatic heterocycles. The predicted molar refractivity (Wildman–Crippen MR) is 587 cm³/mol. The zero-order valence-corrected chi connectivity index (χ0v) is 111. The van der Waals surface area contributed by atoms with Crippen LogP contribution in [0.1, 0.15) is 177 Å². The Hall–Kier alpha value is -3.17. The number of hydrogen-bond donors (Lipinski definition) is 6. The second-order valence-corrected chi connectivity index (χ2v) is 44.0. The molecule has 3 fully saturated rings. The number of H-pyrrole nitrogens is 1. The van der Waals surface area contributed by atoms with E-state index in [-0.39, 0.29) is 226 Å². The molecule has 149 heavy (non-hydrogen) atoms. The molecular weight excluding hydrogens is 2440 g/mol. The van der Waals surface area contributed by atoms with Crippen LogP contribution in [0, 0.1) is 5.41 Å². The van der Waals surface area contributed by atoms with Crippen molar-refractivity contribution in [2.24, 2.45) is 5.73 Å². The quantitative estimate of drug-likeness (QED) is 0.00205. The molecule has 0 aromatic carbocycles. The van der Waals surface area contributed by atoms with Gasteiger partial charge in [0.2, 0.25) is 9.05 Å². The molecule has 0 unspecified atom stereocenters. The summed E-state index contributed by atoms with van der Waals surface area (Å²) in [6.45, 7) is 22.7. The number of aliphatic carboxylic acids is 1. The van der Waals surface area contributed by atoms with Crippen LogP contribution in [0.4, 0.5) is 0 Å². The van der Waals surface area contributed by atoms with Crippen LogP contribution in [0.25, 0.3) is 0 Å². The van der Waals surface area contributed by atoms with Gasteiger partial charge in [0.15, 0.2) is 36.1 Å². The Labute approximate surface area is 1030 Å². The number of halogens is 7. The average Bonchev–Trinajstić information content (AvgIpc) is 1.60. The molecule has 0 spiro atoms. The van der Waals surface area contributed by atoms with Gasteiger partial charge in [-0.2, -0.15) is 0 Å². The van der Waals surface area contributed by atoms with Gasteiger partial charge < -0.3 is 77.0 Å². The third-order valence-corrected chi connectivity index (χ3v) is 22.2. The topological polar surface area (TPSA) is 620 Å². The summed E-state index contributed by atoms with van der Waals surface area (Å²) < 4.78 is 70.3. The Morgan fingerprint density at radius 1 is 0.544 bits per heavy atom. The molecule has 816 valence electrons. The van der Waals surface area contributed by atoms with Crippen LogP contribution < -0.4 is 100.0 Å². The summed E-state index contributed by atoms with van der Waals surface area (Å²) >= 11 is 36.2. The van der Waals surface area contributed by atoms with Gasteiger partial charge in [-0.25, -0.2) is 68.0 Å². The SMILES string of the molecule is BrCCBr.CC(=O)O.CCC1(c2cnc(SC)nc2)CC1.CCOC(=O)C/C(=C/O)C(=O)OCC.CCOC(=O)C1(c2cnc(SC)nc2)CC1.CCOC(=O)CCC(=O)OCC.CCOC(=O)Cc1cnc(SC)[nH]c1=O.CCOC(=O)Cc1cnc(SC)nc1.CCOC(=O)Cc1cnc(SC)nc1Cl.CCOC=O.CS(=O)(=O)Cl.CSC(=N)N.CSc1ncc(C2(CO)CC2)cn1.O=P(Cl)(Cl)Cl.[B]B([B])[B].[H-].[H-].[Na+].[Na+].[Na+].[OH-].[Zn]. The zero-order valence-electron chi connectivity index (χ0n) is 89.7. The molecule has 9 rings (SSSR count). The number of thioether (sulfide) groups is 7. The molecule has 0 amide bonds. The standard InChI is InChI=1S/C11H14N2O2S.C10H14N2S.C9H11ClN2O2S.C9H12N2O3S.C9H12N2O2S.C9H12N2OS.C9H14O5.C8H14O4.C3H6O2.C2H4Br2.C2H6N2S.C2H4O2.CH3ClO2S.B4.Cl3OP.3Na.H2O.Zn.2H/c1-3-15-9(14)11(4-5-11)8-6-12-10(16-2)13-7-8;1-3-10(4-5-10)8-6-11-9(13-2)12-7-8;1-3-14-7(13)4-6-5-11-9(15-2)12-8(6)10;1-3-14-7(12)4-6-5-10-9(15-2)11-8(6)13;1-3-13-8(12)4-7-5-10-9(14-2)11-6-7;1-13-8-10-4-7(5-11-8)9(6-12)2-3-9;1-3-13-8(11)5-7(6-10)9(12)14-4-2;1-3-11-7(9)5-6-8(10)12-4-2;1-2-5-3-4;3-1-2-4;1-5-2(3)4;1-2(3)4;1-5(2,3)4;1-4(2)3;1-5(2,3)4;;;;;;;/h6-7H,3-5H2,1-2H3;6-7H,3-5H2,1-2H3;5H,3-4H2,1-2H3;5H,3-4H2,1-2H3,(H,10,11,13);5-6H,3-4H2,1-2H3;4-5,12H,2-3,6H2,1H3;6,10H,3-5H2,1-2H3;3-6H2,1-2H3;3H,2H2,1H3;1-2H2;1H3,(H3,3,4);1H3,(H,3,4);1H3;;;;;;1H2;;;/q;;;;;;;;;;;;;;;3*+1;;;2*-1/p-1/b;;;;;;7-6-;;;;;;;;;;;;;;;. The van der Waals surface area contributed by atoms with Crippen molar-refractivity contribution in [2.45, 2.75) is 207 Å². The van der Waals surface area contributed by atoms with Crippen LogP contribution in [-0.2, 0) is 159 Å². The fourth-order valence-corrected chi connectivity index (χ4v) is 11.3. The normalized spacial score (nSPS) is 11.6. The number of esters is 8. The van der Waals surface area contributed by atoms with Gasteiger partial charge in [-0.15, -0.1) is 0 Å². The van der Waals surface area contributed by atoms with Crippen molar-refractivity contribution in [2.75, 3.05) is 127 Å². The molecule has 3 saturated carbocycles. The van der Waals surface area contributed by atoms with Crippen LogP contribution in [0.15, 0.2) is 110 Å². The third kappa shape index (κ3) is 95.6. The van der Waals surface area contributed by atoms with E-state index in [9.17, 15) is 66.0 Å². The van der Waals surface area contributed by atoms with Gasteiger partial charge in [0.1, 0.15) is 5.15 Å². The fraction of sp³-hybridized carbons (Fsp3) is 0.560. The first-order valence-corrected chi connectivity index (χ1v) is 61.1. The number of nitrogens with zero attached hydrogens (tertiary/aromatic N) is 11. The number of carbonyl (C=O) groups excluding carboxylic acids is 9. The number of ether oxygens (including phenoxy) is 9. The molecule has 6 radical (unpaired) electrons. The molecule has 0 atom stereocenters. The molecule has 3 aliphatic carbocycles. The number of nitrogens with two attached hydrogens (primary N) is 1. The molecule has 3 aliphatic rings. The molecule has 8 N–H and O–H groups in total. The molecule has 0 aliphatic heterocycles. The number of carbonyl (C=O) groups is 10. The van der Waals surface area contributed by atoms with Gasteiger partial charge in [-0.05, 0) is 207 Å². The maximum atomic E-state index is 11.8. The second kappa shape index (κ2) is 104. The summed E-state index contributed by atoms with van der Waals surface area (Å²) in [5.41, 5.74) is 9.41. The third-order valence-electron chi connectivity index (χ3n) is 16.1. The van der Waals surface area contributed by atoms with Crippen molar-refractivity contribution in [1.29, 1.82) is 5.41 Å². The fourth-order valence-electron chi connectivity index (χ4n) is 9.13. The molecule has 41 nitrogen and oxygen atoms in total. The number of alkyl halides is 2. The van der Waals surface area contributed by atoms with E-state index in [1.54, 1.807) is 104 Å². The number of carboxylic acid groups (broad SMARTS) is 1. The Balaban J connectivity index is -0.000000125. The summed E-state index contributed by atoms with van der Waals surface area (Å²) in [7, 11) is 15.3. The summed E-state index contributed by atoms with van der Waals surface area (Å²) in [5.74, 6) is -3.94. The van der Waals surface area contributed by atoms with Crippen molar-refractivity contribution >= 4 is 279 Å². The summed E-state index contributed by atoms with van der Waals surface area (Å²) in [6, 6.07) is 0. The molecule has 6 heterocycles. The molecule has 65 heteroatoms. The van der Waals surface area contributed by atoms with E-state index in [0.717, 1.165) is 81.7 Å². The summed E-state index contributed by atoms with van der Waals surface area (Å²) in [5, 5.41) is 35.3. The average molecular weight is 2570 g/mol. The molecule has 0 bridgehead atoms. The number of rotatable bonds is 35. The minimum Gasteiger partial charge on any atom is -1.00 e. The maximum absolute atomic E-state index is 11.8. The number of hydrogen-bond acceptors (Lipinski definition) is 45. The maximum Gasteiger partial charge on any atom is 1.00 e. The monoisotopic (exact) mass is 2560 g/mol. The van der Waals surface area contributed by atoms with E-state index in [2.05, 4.69) is 190 Å². The van der Waals surface area contributed by atoms with Crippen LogP contribution in [0.5, 0.6) is 0 Å². The summed E-state index contributed by atoms with van der Waals surface area (Å²) in [6.07, 6.45) is 39.3. The van der Waals surface area contributed by atoms with Crippen molar-refractivity contribution < 1.29 is 235 Å². The first-order chi connectivity index (χ1) is 67.8. The Kier molecular flexibility index (Phi) is 117. The second-order valence-electron chi connectivity index (χ2n) is 26.8.